The minimum Gasteiger partial charge on any atom is -0.383 e. The van der Waals surface area contributed by atoms with Crippen LogP contribution in [-0.2, 0) is 11.3 Å². The molecule has 2 saturated heterocycles. The Morgan fingerprint density at radius 3 is 3.10 bits per heavy atom. The van der Waals surface area contributed by atoms with Gasteiger partial charge >= 0.3 is 0 Å². The summed E-state index contributed by atoms with van der Waals surface area (Å²) in [7, 11) is 1.72. The van der Waals surface area contributed by atoms with Crippen molar-refractivity contribution < 1.29 is 4.74 Å². The van der Waals surface area contributed by atoms with Crippen molar-refractivity contribution in [3.05, 3.63) is 23.9 Å². The van der Waals surface area contributed by atoms with E-state index in [4.69, 9.17) is 4.74 Å². The molecule has 1 N–H and O–H groups in total. The highest BCUT2D eigenvalue weighted by Crippen LogP contribution is 2.24. The number of anilines is 1. The molecule has 0 bridgehead atoms. The van der Waals surface area contributed by atoms with E-state index in [0.29, 0.717) is 0 Å². The van der Waals surface area contributed by atoms with Crippen molar-refractivity contribution >= 4 is 5.82 Å². The second-order valence-electron chi connectivity index (χ2n) is 5.97. The Hall–Kier alpha value is -1.17. The summed E-state index contributed by atoms with van der Waals surface area (Å²) in [4.78, 5) is 9.72. The number of pyridine rings is 1. The second-order valence-corrected chi connectivity index (χ2v) is 5.97. The van der Waals surface area contributed by atoms with E-state index in [0.717, 1.165) is 44.6 Å². The number of aromatic nitrogens is 1. The number of fused-ring (bicyclic) bond motifs is 1. The van der Waals surface area contributed by atoms with Crippen LogP contribution in [-0.4, -0.2) is 62.4 Å². The van der Waals surface area contributed by atoms with E-state index in [9.17, 15) is 0 Å². The van der Waals surface area contributed by atoms with E-state index < -0.39 is 0 Å². The molecule has 3 rings (SSSR count). The highest BCUT2D eigenvalue weighted by atomic mass is 16.5. The molecule has 0 spiro atoms. The first-order chi connectivity index (χ1) is 10.4. The standard InChI is InChI=1S/C16H26N4O/c1-21-10-6-17-11-14-4-5-16(18-12-14)20-9-8-19-7-2-3-15(19)13-20/h4-5,12,15,17H,2-3,6-11,13H2,1H3. The van der Waals surface area contributed by atoms with Crippen molar-refractivity contribution in [3.63, 3.8) is 0 Å². The molecule has 2 aliphatic heterocycles. The lowest BCUT2D eigenvalue weighted by atomic mass is 10.1. The first-order valence-electron chi connectivity index (χ1n) is 8.00. The van der Waals surface area contributed by atoms with Crippen LogP contribution < -0.4 is 10.2 Å². The average molecular weight is 290 g/mol. The zero-order valence-corrected chi connectivity index (χ0v) is 12.9. The number of nitrogens with zero attached hydrogens (tertiary/aromatic N) is 3. The maximum absolute atomic E-state index is 5.02. The summed E-state index contributed by atoms with van der Waals surface area (Å²) in [5.41, 5.74) is 1.23. The second kappa shape index (κ2) is 7.20. The Bertz CT molecular complexity index is 436. The van der Waals surface area contributed by atoms with Gasteiger partial charge in [0.15, 0.2) is 0 Å². The molecule has 21 heavy (non-hydrogen) atoms. The molecule has 1 unspecified atom stereocenters. The van der Waals surface area contributed by atoms with Crippen LogP contribution in [0.2, 0.25) is 0 Å². The van der Waals surface area contributed by atoms with Gasteiger partial charge in [-0.05, 0) is 31.0 Å². The van der Waals surface area contributed by atoms with Crippen LogP contribution in [0, 0.1) is 0 Å². The van der Waals surface area contributed by atoms with Crippen molar-refractivity contribution in [3.8, 4) is 0 Å². The normalized spacial score (nSPS) is 22.5. The summed E-state index contributed by atoms with van der Waals surface area (Å²) < 4.78 is 5.02. The van der Waals surface area contributed by atoms with Crippen molar-refractivity contribution in [1.29, 1.82) is 0 Å². The Kier molecular flexibility index (Phi) is 5.06. The SMILES string of the molecule is COCCNCc1ccc(N2CCN3CCCC3C2)nc1. The van der Waals surface area contributed by atoms with Crippen LogP contribution in [0.15, 0.2) is 18.3 Å². The van der Waals surface area contributed by atoms with Gasteiger partial charge < -0.3 is 15.0 Å². The fraction of sp³-hybridized carbons (Fsp3) is 0.688. The van der Waals surface area contributed by atoms with E-state index in [1.54, 1.807) is 7.11 Å². The minimum atomic E-state index is 0.746. The molecule has 5 nitrogen and oxygen atoms in total. The zero-order valence-electron chi connectivity index (χ0n) is 12.9. The van der Waals surface area contributed by atoms with Crippen molar-refractivity contribution in [2.24, 2.45) is 0 Å². The van der Waals surface area contributed by atoms with E-state index in [2.05, 4.69) is 32.2 Å². The summed E-state index contributed by atoms with van der Waals surface area (Å²) in [6, 6.07) is 5.09. The number of rotatable bonds is 6. The third kappa shape index (κ3) is 3.73. The molecular formula is C16H26N4O. The molecule has 1 atom stereocenters. The molecule has 2 fully saturated rings. The molecule has 3 heterocycles. The van der Waals surface area contributed by atoms with E-state index in [1.807, 2.05) is 6.20 Å². The highest BCUT2D eigenvalue weighted by molar-refractivity contribution is 5.40. The van der Waals surface area contributed by atoms with Crippen LogP contribution in [0.4, 0.5) is 5.82 Å². The quantitative estimate of drug-likeness (QED) is 0.795. The predicted molar refractivity (Wildman–Crippen MR) is 84.6 cm³/mol. The largest absolute Gasteiger partial charge is 0.383 e. The number of methoxy groups -OCH3 is 1. The van der Waals surface area contributed by atoms with Gasteiger partial charge in [0.1, 0.15) is 5.82 Å². The number of ether oxygens (including phenoxy) is 1. The van der Waals surface area contributed by atoms with Gasteiger partial charge in [0.2, 0.25) is 0 Å². The van der Waals surface area contributed by atoms with Gasteiger partial charge in [-0.15, -0.1) is 0 Å². The van der Waals surface area contributed by atoms with Crippen LogP contribution in [0.3, 0.4) is 0 Å². The molecule has 0 amide bonds. The van der Waals surface area contributed by atoms with E-state index in [1.165, 1.54) is 31.5 Å². The maximum Gasteiger partial charge on any atom is 0.128 e. The number of piperazine rings is 1. The number of hydrogen-bond acceptors (Lipinski definition) is 5. The Balaban J connectivity index is 1.52. The lowest BCUT2D eigenvalue weighted by Crippen LogP contribution is -2.50. The van der Waals surface area contributed by atoms with Crippen LogP contribution in [0.5, 0.6) is 0 Å². The molecule has 1 aromatic heterocycles. The fourth-order valence-corrected chi connectivity index (χ4v) is 3.31. The molecule has 0 saturated carbocycles. The van der Waals surface area contributed by atoms with Crippen molar-refractivity contribution in [2.75, 3.05) is 51.3 Å². The van der Waals surface area contributed by atoms with Crippen LogP contribution in [0.1, 0.15) is 18.4 Å². The van der Waals surface area contributed by atoms with Gasteiger partial charge in [0, 0.05) is 52.1 Å². The molecule has 0 aromatic carbocycles. The van der Waals surface area contributed by atoms with Gasteiger partial charge in [0.25, 0.3) is 0 Å². The number of nitrogens with one attached hydrogen (secondary N) is 1. The third-order valence-electron chi connectivity index (χ3n) is 4.53. The van der Waals surface area contributed by atoms with Crippen LogP contribution in [0.25, 0.3) is 0 Å². The first kappa shape index (κ1) is 14.8. The Labute approximate surface area is 127 Å². The van der Waals surface area contributed by atoms with E-state index >= 15 is 0 Å². The lowest BCUT2D eigenvalue weighted by molar-refractivity contribution is 0.199. The predicted octanol–water partition coefficient (Wildman–Crippen LogP) is 1.10. The summed E-state index contributed by atoms with van der Waals surface area (Å²) >= 11 is 0. The lowest BCUT2D eigenvalue weighted by Gasteiger charge is -2.38. The Morgan fingerprint density at radius 2 is 2.29 bits per heavy atom. The summed E-state index contributed by atoms with van der Waals surface area (Å²) in [6.07, 6.45) is 4.70. The van der Waals surface area contributed by atoms with Gasteiger partial charge in [0.05, 0.1) is 6.61 Å². The van der Waals surface area contributed by atoms with Crippen LogP contribution >= 0.6 is 0 Å². The third-order valence-corrected chi connectivity index (χ3v) is 4.53. The minimum absolute atomic E-state index is 0.746. The monoisotopic (exact) mass is 290 g/mol. The fourth-order valence-electron chi connectivity index (χ4n) is 3.31. The molecular weight excluding hydrogens is 264 g/mol. The average Bonchev–Trinajstić information content (AvgIpc) is 3.00. The van der Waals surface area contributed by atoms with Crippen molar-refractivity contribution in [1.82, 2.24) is 15.2 Å². The maximum atomic E-state index is 5.02. The molecule has 5 heteroatoms. The Morgan fingerprint density at radius 1 is 1.33 bits per heavy atom. The van der Waals surface area contributed by atoms with Crippen molar-refractivity contribution in [2.45, 2.75) is 25.4 Å². The van der Waals surface area contributed by atoms with Gasteiger partial charge in [-0.2, -0.15) is 0 Å². The summed E-state index contributed by atoms with van der Waals surface area (Å²) in [5, 5.41) is 3.35. The number of hydrogen-bond donors (Lipinski definition) is 1. The summed E-state index contributed by atoms with van der Waals surface area (Å²) in [6.45, 7) is 7.20. The highest BCUT2D eigenvalue weighted by Gasteiger charge is 2.30. The van der Waals surface area contributed by atoms with Gasteiger partial charge in [-0.25, -0.2) is 4.98 Å². The van der Waals surface area contributed by atoms with E-state index in [-0.39, 0.29) is 0 Å². The smallest absolute Gasteiger partial charge is 0.128 e. The van der Waals surface area contributed by atoms with Gasteiger partial charge in [-0.3, -0.25) is 4.90 Å². The molecule has 2 aliphatic rings. The zero-order chi connectivity index (χ0) is 14.5. The topological polar surface area (TPSA) is 40.6 Å². The summed E-state index contributed by atoms with van der Waals surface area (Å²) in [5.74, 6) is 1.13. The molecule has 0 aliphatic carbocycles. The molecule has 0 radical (unpaired) electrons. The molecule has 116 valence electrons. The van der Waals surface area contributed by atoms with Gasteiger partial charge in [-0.1, -0.05) is 6.07 Å². The first-order valence-corrected chi connectivity index (χ1v) is 8.00. The molecule has 1 aromatic rings.